The van der Waals surface area contributed by atoms with E-state index >= 15 is 0 Å². The predicted molar refractivity (Wildman–Crippen MR) is 117 cm³/mol. The number of amides is 2. The Morgan fingerprint density at radius 2 is 1.77 bits per heavy atom. The van der Waals surface area contributed by atoms with Crippen LogP contribution in [0.1, 0.15) is 53.3 Å². The van der Waals surface area contributed by atoms with Gasteiger partial charge in [-0.1, -0.05) is 47.2 Å². The minimum absolute atomic E-state index is 0.0753. The summed E-state index contributed by atoms with van der Waals surface area (Å²) in [4.78, 5) is 28.4. The predicted octanol–water partition coefficient (Wildman–Crippen LogP) is 4.43. The molecular formula is C23H23FN4O2S. The number of hydrogen-bond acceptors (Lipinski definition) is 5. The number of rotatable bonds is 6. The van der Waals surface area contributed by atoms with Crippen molar-refractivity contribution in [3.8, 4) is 0 Å². The van der Waals surface area contributed by atoms with Crippen molar-refractivity contribution in [1.29, 1.82) is 0 Å². The number of aromatic nitrogens is 2. The molecule has 1 heterocycles. The Morgan fingerprint density at radius 3 is 2.39 bits per heavy atom. The van der Waals surface area contributed by atoms with Crippen LogP contribution in [0.25, 0.3) is 0 Å². The number of nitrogens with one attached hydrogen (secondary N) is 1. The highest BCUT2D eigenvalue weighted by atomic mass is 32.1. The second-order valence-corrected chi connectivity index (χ2v) is 8.35. The molecular weight excluding hydrogens is 415 g/mol. The molecule has 0 saturated heterocycles. The maximum atomic E-state index is 13.6. The topological polar surface area (TPSA) is 75.2 Å². The van der Waals surface area contributed by atoms with E-state index in [0.717, 1.165) is 42.8 Å². The lowest BCUT2D eigenvalue weighted by Crippen LogP contribution is -2.46. The largest absolute Gasteiger partial charge is 0.351 e. The molecule has 0 radical (unpaired) electrons. The van der Waals surface area contributed by atoms with E-state index in [4.69, 9.17) is 0 Å². The van der Waals surface area contributed by atoms with Gasteiger partial charge in [-0.15, -0.1) is 5.10 Å². The fourth-order valence-corrected chi connectivity index (χ4v) is 4.31. The maximum absolute atomic E-state index is 13.6. The minimum Gasteiger partial charge on any atom is -0.351 e. The quantitative estimate of drug-likeness (QED) is 0.618. The van der Waals surface area contributed by atoms with Crippen molar-refractivity contribution in [3.05, 3.63) is 76.5 Å². The zero-order chi connectivity index (χ0) is 21.8. The van der Waals surface area contributed by atoms with Crippen LogP contribution in [0.5, 0.6) is 0 Å². The van der Waals surface area contributed by atoms with Crippen LogP contribution in [0, 0.1) is 12.7 Å². The Hall–Kier alpha value is -3.13. The summed E-state index contributed by atoms with van der Waals surface area (Å²) in [6.07, 6.45) is 3.96. The van der Waals surface area contributed by atoms with Crippen LogP contribution in [-0.4, -0.2) is 27.4 Å². The van der Waals surface area contributed by atoms with Gasteiger partial charge in [-0.05, 0) is 61.1 Å². The van der Waals surface area contributed by atoms with Gasteiger partial charge in [-0.3, -0.25) is 14.5 Å². The summed E-state index contributed by atoms with van der Waals surface area (Å²) in [5.74, 6) is -1.14. The van der Waals surface area contributed by atoms with E-state index in [1.54, 1.807) is 29.6 Å². The Bertz CT molecular complexity index is 1030. The molecule has 8 heteroatoms. The van der Waals surface area contributed by atoms with Crippen molar-refractivity contribution in [2.45, 2.75) is 44.7 Å². The number of halogens is 1. The van der Waals surface area contributed by atoms with E-state index in [2.05, 4.69) is 14.9 Å². The number of nitrogens with zero attached hydrogens (tertiary/aromatic N) is 3. The van der Waals surface area contributed by atoms with E-state index in [-0.39, 0.29) is 17.6 Å². The van der Waals surface area contributed by atoms with Crippen LogP contribution in [0.4, 0.5) is 10.1 Å². The van der Waals surface area contributed by atoms with Crippen LogP contribution in [-0.2, 0) is 4.79 Å². The Morgan fingerprint density at radius 1 is 1.10 bits per heavy atom. The van der Waals surface area contributed by atoms with Gasteiger partial charge in [0, 0.05) is 17.1 Å². The molecule has 4 rings (SSSR count). The number of anilines is 1. The number of carbonyl (C=O) groups is 2. The van der Waals surface area contributed by atoms with Crippen LogP contribution in [0.3, 0.4) is 0 Å². The molecule has 1 saturated carbocycles. The smallest absolute Gasteiger partial charge is 0.280 e. The summed E-state index contributed by atoms with van der Waals surface area (Å²) in [6, 6.07) is 12.1. The molecule has 2 amide bonds. The van der Waals surface area contributed by atoms with Crippen LogP contribution in [0.2, 0.25) is 0 Å². The maximum Gasteiger partial charge on any atom is 0.280 e. The summed E-state index contributed by atoms with van der Waals surface area (Å²) in [5, 5.41) is 8.57. The molecule has 1 atom stereocenters. The number of carbonyl (C=O) groups excluding carboxylic acids is 2. The molecule has 3 aromatic rings. The third kappa shape index (κ3) is 4.80. The fourth-order valence-electron chi connectivity index (χ4n) is 3.88. The number of aryl methyl sites for hydroxylation is 1. The fraction of sp³-hybridized carbons (Fsp3) is 0.304. The van der Waals surface area contributed by atoms with Gasteiger partial charge in [0.25, 0.3) is 5.91 Å². The van der Waals surface area contributed by atoms with Crippen LogP contribution >= 0.6 is 11.5 Å². The first-order chi connectivity index (χ1) is 15.0. The van der Waals surface area contributed by atoms with Crippen molar-refractivity contribution in [1.82, 2.24) is 14.9 Å². The molecule has 160 valence electrons. The third-order valence-electron chi connectivity index (χ3n) is 5.50. The highest BCUT2D eigenvalue weighted by molar-refractivity contribution is 7.03. The summed E-state index contributed by atoms with van der Waals surface area (Å²) in [5.41, 5.74) is 2.26. The van der Waals surface area contributed by atoms with Gasteiger partial charge in [0.1, 0.15) is 11.9 Å². The van der Waals surface area contributed by atoms with Gasteiger partial charge >= 0.3 is 0 Å². The molecule has 0 spiro atoms. The summed E-state index contributed by atoms with van der Waals surface area (Å²) >= 11 is 1.07. The molecule has 1 unspecified atom stereocenters. The second-order valence-electron chi connectivity index (χ2n) is 7.74. The van der Waals surface area contributed by atoms with Gasteiger partial charge in [0.15, 0.2) is 5.69 Å². The van der Waals surface area contributed by atoms with Crippen LogP contribution < -0.4 is 10.2 Å². The number of hydrogen-bond donors (Lipinski definition) is 1. The van der Waals surface area contributed by atoms with Crippen molar-refractivity contribution in [2.24, 2.45) is 0 Å². The highest BCUT2D eigenvalue weighted by Crippen LogP contribution is 2.31. The molecule has 0 aliphatic heterocycles. The van der Waals surface area contributed by atoms with E-state index < -0.39 is 17.8 Å². The second kappa shape index (κ2) is 9.34. The molecule has 0 bridgehead atoms. The normalized spacial score (nSPS) is 14.9. The van der Waals surface area contributed by atoms with Gasteiger partial charge < -0.3 is 5.32 Å². The number of benzene rings is 2. The van der Waals surface area contributed by atoms with E-state index in [0.29, 0.717) is 11.3 Å². The van der Waals surface area contributed by atoms with E-state index in [1.807, 2.05) is 19.1 Å². The summed E-state index contributed by atoms with van der Waals surface area (Å²) < 4.78 is 17.4. The summed E-state index contributed by atoms with van der Waals surface area (Å²) in [6.45, 7) is 1.95. The first-order valence-electron chi connectivity index (χ1n) is 10.3. The average Bonchev–Trinajstić information content (AvgIpc) is 3.47. The Labute approximate surface area is 184 Å². The lowest BCUT2D eigenvalue weighted by molar-refractivity contribution is -0.123. The summed E-state index contributed by atoms with van der Waals surface area (Å²) in [7, 11) is 0. The standard InChI is InChI=1S/C23H23FN4O2S/c1-15-6-12-19(13-7-15)28(23(30)20-14-31-27-26-20)21(16-8-10-17(24)11-9-16)22(29)25-18-4-2-3-5-18/h6-14,18,21H,2-5H2,1H3,(H,25,29). The Kier molecular flexibility index (Phi) is 6.36. The average molecular weight is 439 g/mol. The van der Waals surface area contributed by atoms with E-state index in [9.17, 15) is 14.0 Å². The van der Waals surface area contributed by atoms with Crippen molar-refractivity contribution in [3.63, 3.8) is 0 Å². The van der Waals surface area contributed by atoms with Gasteiger partial charge in [-0.25, -0.2) is 4.39 Å². The monoisotopic (exact) mass is 438 g/mol. The van der Waals surface area contributed by atoms with Crippen molar-refractivity contribution >= 4 is 29.0 Å². The van der Waals surface area contributed by atoms with Crippen molar-refractivity contribution in [2.75, 3.05) is 4.90 Å². The Balaban J connectivity index is 1.79. The van der Waals surface area contributed by atoms with Gasteiger partial charge in [-0.2, -0.15) is 0 Å². The van der Waals surface area contributed by atoms with Gasteiger partial charge in [0.2, 0.25) is 5.91 Å². The molecule has 6 nitrogen and oxygen atoms in total. The van der Waals surface area contributed by atoms with Crippen LogP contribution in [0.15, 0.2) is 53.9 Å². The van der Waals surface area contributed by atoms with E-state index in [1.165, 1.54) is 17.0 Å². The lowest BCUT2D eigenvalue weighted by Gasteiger charge is -2.32. The third-order valence-corrected chi connectivity index (χ3v) is 6.01. The highest BCUT2D eigenvalue weighted by Gasteiger charge is 2.35. The first kappa shape index (κ1) is 21.1. The van der Waals surface area contributed by atoms with Gasteiger partial charge in [0.05, 0.1) is 0 Å². The zero-order valence-corrected chi connectivity index (χ0v) is 17.9. The SMILES string of the molecule is Cc1ccc(N(C(=O)c2csnn2)C(C(=O)NC2CCCC2)c2ccc(F)cc2)cc1. The minimum atomic E-state index is -0.974. The molecule has 31 heavy (non-hydrogen) atoms. The molecule has 1 aromatic heterocycles. The molecule has 1 N–H and O–H groups in total. The first-order valence-corrected chi connectivity index (χ1v) is 11.1. The molecule has 1 fully saturated rings. The van der Waals surface area contributed by atoms with Crippen molar-refractivity contribution < 1.29 is 14.0 Å². The molecule has 2 aromatic carbocycles. The zero-order valence-electron chi connectivity index (χ0n) is 17.1. The lowest BCUT2D eigenvalue weighted by atomic mass is 10.0. The molecule has 1 aliphatic carbocycles. The molecule has 1 aliphatic rings.